The minimum atomic E-state index is 0.384. The van der Waals surface area contributed by atoms with Crippen LogP contribution in [0.2, 0.25) is 5.02 Å². The molecule has 1 N–H and O–H groups in total. The van der Waals surface area contributed by atoms with E-state index >= 15 is 0 Å². The van der Waals surface area contributed by atoms with Crippen molar-refractivity contribution < 1.29 is 0 Å². The molecule has 0 bridgehead atoms. The molecule has 0 aliphatic heterocycles. The fraction of sp³-hybridized carbons (Fsp3) is 0.286. The fourth-order valence-electron chi connectivity index (χ4n) is 1.66. The summed E-state index contributed by atoms with van der Waals surface area (Å²) in [4.78, 5) is 1.36. The highest BCUT2D eigenvalue weighted by Crippen LogP contribution is 2.20. The highest BCUT2D eigenvalue weighted by molar-refractivity contribution is 7.10. The Balaban J connectivity index is 1.96. The Morgan fingerprint density at radius 1 is 1.35 bits per heavy atom. The number of halogens is 1. The summed E-state index contributed by atoms with van der Waals surface area (Å²) in [6.45, 7) is 5.05. The van der Waals surface area contributed by atoms with Crippen molar-refractivity contribution in [3.63, 3.8) is 0 Å². The molecule has 2 aromatic rings. The number of thiophene rings is 1. The average Bonchev–Trinajstić information content (AvgIpc) is 2.84. The number of hydrogen-bond donors (Lipinski definition) is 1. The number of aryl methyl sites for hydroxylation is 1. The van der Waals surface area contributed by atoms with Gasteiger partial charge in [0.2, 0.25) is 0 Å². The molecule has 0 radical (unpaired) electrons. The molecule has 0 aliphatic carbocycles. The van der Waals surface area contributed by atoms with E-state index in [0.717, 1.165) is 17.1 Å². The van der Waals surface area contributed by atoms with Gasteiger partial charge in [-0.2, -0.15) is 0 Å². The van der Waals surface area contributed by atoms with E-state index in [2.05, 4.69) is 41.9 Å². The average molecular weight is 266 g/mol. The molecular formula is C14H16ClNS. The van der Waals surface area contributed by atoms with Crippen molar-refractivity contribution in [2.24, 2.45) is 0 Å². The van der Waals surface area contributed by atoms with Crippen LogP contribution in [0.1, 0.15) is 29.0 Å². The Hall–Kier alpha value is -0.830. The maximum absolute atomic E-state index is 6.10. The lowest BCUT2D eigenvalue weighted by Crippen LogP contribution is -2.17. The molecule has 0 spiro atoms. The van der Waals surface area contributed by atoms with Crippen molar-refractivity contribution in [3.8, 4) is 0 Å². The van der Waals surface area contributed by atoms with Gasteiger partial charge >= 0.3 is 0 Å². The first-order chi connectivity index (χ1) is 8.16. The van der Waals surface area contributed by atoms with Crippen LogP contribution in [0.15, 0.2) is 35.7 Å². The maximum atomic E-state index is 6.10. The van der Waals surface area contributed by atoms with E-state index in [9.17, 15) is 0 Å². The molecule has 2 rings (SSSR count). The molecule has 0 saturated carbocycles. The number of nitrogens with one attached hydrogen (secondary N) is 1. The summed E-state index contributed by atoms with van der Waals surface area (Å²) in [5.41, 5.74) is 2.35. The van der Waals surface area contributed by atoms with Crippen LogP contribution in [0.25, 0.3) is 0 Å². The topological polar surface area (TPSA) is 12.0 Å². The Morgan fingerprint density at radius 2 is 2.18 bits per heavy atom. The highest BCUT2D eigenvalue weighted by Gasteiger charge is 2.05. The highest BCUT2D eigenvalue weighted by atomic mass is 35.5. The maximum Gasteiger partial charge on any atom is 0.0438 e. The second kappa shape index (κ2) is 5.67. The van der Waals surface area contributed by atoms with Gasteiger partial charge in [-0.3, -0.25) is 0 Å². The van der Waals surface area contributed by atoms with E-state index in [1.54, 1.807) is 11.3 Å². The van der Waals surface area contributed by atoms with Crippen molar-refractivity contribution in [3.05, 3.63) is 56.7 Å². The van der Waals surface area contributed by atoms with Crippen LogP contribution in [0, 0.1) is 6.92 Å². The summed E-state index contributed by atoms with van der Waals surface area (Å²) in [5.74, 6) is 0. The molecule has 1 aromatic heterocycles. The monoisotopic (exact) mass is 265 g/mol. The summed E-state index contributed by atoms with van der Waals surface area (Å²) in [6.07, 6.45) is 0. The van der Waals surface area contributed by atoms with Gasteiger partial charge in [0.15, 0.2) is 0 Å². The SMILES string of the molecule is Cc1ccc(CNC(C)c2cccs2)cc1Cl. The number of hydrogen-bond acceptors (Lipinski definition) is 2. The number of benzene rings is 1. The molecule has 1 atom stereocenters. The standard InChI is InChI=1S/C14H16ClNS/c1-10-5-6-12(8-13(10)15)9-16-11(2)14-4-3-7-17-14/h3-8,11,16H,9H2,1-2H3. The third kappa shape index (κ3) is 3.32. The van der Waals surface area contributed by atoms with Gasteiger partial charge < -0.3 is 5.32 Å². The molecule has 17 heavy (non-hydrogen) atoms. The van der Waals surface area contributed by atoms with E-state index in [-0.39, 0.29) is 0 Å². The van der Waals surface area contributed by atoms with Crippen LogP contribution in [0.5, 0.6) is 0 Å². The van der Waals surface area contributed by atoms with Crippen molar-refractivity contribution in [1.82, 2.24) is 5.32 Å². The van der Waals surface area contributed by atoms with Crippen molar-refractivity contribution in [1.29, 1.82) is 0 Å². The third-order valence-corrected chi connectivity index (χ3v) is 4.28. The molecule has 1 nitrogen and oxygen atoms in total. The second-order valence-electron chi connectivity index (χ2n) is 4.20. The summed E-state index contributed by atoms with van der Waals surface area (Å²) < 4.78 is 0. The Bertz CT molecular complexity index is 479. The molecule has 1 unspecified atom stereocenters. The lowest BCUT2D eigenvalue weighted by molar-refractivity contribution is 0.583. The minimum absolute atomic E-state index is 0.384. The molecule has 0 saturated heterocycles. The predicted octanol–water partition coefficient (Wildman–Crippen LogP) is 4.56. The molecule has 90 valence electrons. The van der Waals surface area contributed by atoms with Crippen LogP contribution in [-0.4, -0.2) is 0 Å². The van der Waals surface area contributed by atoms with Crippen LogP contribution in [-0.2, 0) is 6.54 Å². The van der Waals surface area contributed by atoms with Gasteiger partial charge in [0.05, 0.1) is 0 Å². The molecule has 0 aliphatic rings. The van der Waals surface area contributed by atoms with Crippen LogP contribution in [0.3, 0.4) is 0 Å². The molecule has 0 amide bonds. The van der Waals surface area contributed by atoms with Gasteiger partial charge in [-0.15, -0.1) is 11.3 Å². The van der Waals surface area contributed by atoms with Gasteiger partial charge in [-0.25, -0.2) is 0 Å². The van der Waals surface area contributed by atoms with Crippen molar-refractivity contribution in [2.45, 2.75) is 26.4 Å². The normalized spacial score (nSPS) is 12.6. The van der Waals surface area contributed by atoms with Gasteiger partial charge in [0.25, 0.3) is 0 Å². The molecule has 1 heterocycles. The predicted molar refractivity (Wildman–Crippen MR) is 75.8 cm³/mol. The third-order valence-electron chi connectivity index (χ3n) is 2.82. The van der Waals surface area contributed by atoms with Crippen LogP contribution in [0.4, 0.5) is 0 Å². The second-order valence-corrected chi connectivity index (χ2v) is 5.59. The van der Waals surface area contributed by atoms with Gasteiger partial charge in [0, 0.05) is 22.5 Å². The summed E-state index contributed by atoms with van der Waals surface area (Å²) in [6, 6.07) is 10.8. The summed E-state index contributed by atoms with van der Waals surface area (Å²) >= 11 is 7.89. The molecule has 3 heteroatoms. The largest absolute Gasteiger partial charge is 0.305 e. The zero-order valence-electron chi connectivity index (χ0n) is 10.0. The van der Waals surface area contributed by atoms with Gasteiger partial charge in [-0.1, -0.05) is 29.8 Å². The Kier molecular flexibility index (Phi) is 4.21. The van der Waals surface area contributed by atoms with E-state index in [0.29, 0.717) is 6.04 Å². The van der Waals surface area contributed by atoms with E-state index < -0.39 is 0 Å². The van der Waals surface area contributed by atoms with Crippen LogP contribution < -0.4 is 5.32 Å². The van der Waals surface area contributed by atoms with E-state index in [1.807, 2.05) is 13.0 Å². The first kappa shape index (κ1) is 12.6. The van der Waals surface area contributed by atoms with E-state index in [1.165, 1.54) is 10.4 Å². The lowest BCUT2D eigenvalue weighted by atomic mass is 10.1. The summed E-state index contributed by atoms with van der Waals surface area (Å²) in [5, 5.41) is 6.45. The van der Waals surface area contributed by atoms with Crippen molar-refractivity contribution in [2.75, 3.05) is 0 Å². The van der Waals surface area contributed by atoms with Crippen LogP contribution >= 0.6 is 22.9 Å². The molecular weight excluding hydrogens is 250 g/mol. The quantitative estimate of drug-likeness (QED) is 0.855. The summed E-state index contributed by atoms with van der Waals surface area (Å²) in [7, 11) is 0. The first-order valence-electron chi connectivity index (χ1n) is 5.68. The van der Waals surface area contributed by atoms with Crippen molar-refractivity contribution >= 4 is 22.9 Å². The van der Waals surface area contributed by atoms with Gasteiger partial charge in [0.1, 0.15) is 0 Å². The zero-order valence-corrected chi connectivity index (χ0v) is 11.6. The van der Waals surface area contributed by atoms with E-state index in [4.69, 9.17) is 11.6 Å². The van der Waals surface area contributed by atoms with Gasteiger partial charge in [-0.05, 0) is 42.5 Å². The first-order valence-corrected chi connectivity index (χ1v) is 6.94. The molecule has 0 fully saturated rings. The Labute approximate surface area is 111 Å². The minimum Gasteiger partial charge on any atom is -0.305 e. The molecule has 1 aromatic carbocycles. The smallest absolute Gasteiger partial charge is 0.0438 e. The fourth-order valence-corrected chi connectivity index (χ4v) is 2.62. The lowest BCUT2D eigenvalue weighted by Gasteiger charge is -2.12. The Morgan fingerprint density at radius 3 is 2.82 bits per heavy atom. The number of rotatable bonds is 4. The zero-order chi connectivity index (χ0) is 12.3.